The predicted octanol–water partition coefficient (Wildman–Crippen LogP) is 2.69. The monoisotopic (exact) mass is 242 g/mol. The number of hydrogen-bond acceptors (Lipinski definition) is 2. The molecular formula is C15H18N2O. The number of hydrazone groups is 1. The van der Waals surface area contributed by atoms with E-state index < -0.39 is 0 Å². The zero-order valence-electron chi connectivity index (χ0n) is 10.6. The number of amides is 1. The summed E-state index contributed by atoms with van der Waals surface area (Å²) in [5.41, 5.74) is 5.05. The third-order valence-electron chi connectivity index (χ3n) is 3.87. The molecule has 3 nitrogen and oxygen atoms in total. The Morgan fingerprint density at radius 3 is 2.67 bits per heavy atom. The Balaban J connectivity index is 1.54. The Kier molecular flexibility index (Phi) is 2.90. The van der Waals surface area contributed by atoms with E-state index in [-0.39, 0.29) is 11.8 Å². The Morgan fingerprint density at radius 2 is 2.00 bits per heavy atom. The fraction of sp³-hybridized carbons (Fsp3) is 0.467. The zero-order chi connectivity index (χ0) is 12.5. The molecule has 2 fully saturated rings. The first-order chi connectivity index (χ1) is 8.75. The molecule has 18 heavy (non-hydrogen) atoms. The number of carbonyl (C=O) groups is 1. The lowest BCUT2D eigenvalue weighted by Crippen LogP contribution is -2.21. The topological polar surface area (TPSA) is 41.5 Å². The van der Waals surface area contributed by atoms with Gasteiger partial charge in [0, 0.05) is 11.6 Å². The Hall–Kier alpha value is -1.64. The molecule has 2 saturated carbocycles. The first-order valence-electron chi connectivity index (χ1n) is 6.64. The second-order valence-electron chi connectivity index (χ2n) is 5.36. The lowest BCUT2D eigenvalue weighted by Gasteiger charge is -2.01. The van der Waals surface area contributed by atoms with Gasteiger partial charge in [0.05, 0.1) is 0 Å². The normalized spacial score (nSPS) is 26.8. The van der Waals surface area contributed by atoms with E-state index in [0.29, 0.717) is 11.8 Å². The Morgan fingerprint density at radius 1 is 1.28 bits per heavy atom. The number of rotatable bonds is 4. The van der Waals surface area contributed by atoms with Gasteiger partial charge in [0.25, 0.3) is 0 Å². The first kappa shape index (κ1) is 11.5. The van der Waals surface area contributed by atoms with Gasteiger partial charge >= 0.3 is 0 Å². The molecule has 3 heteroatoms. The van der Waals surface area contributed by atoms with E-state index in [4.69, 9.17) is 0 Å². The maximum absolute atomic E-state index is 11.9. The van der Waals surface area contributed by atoms with Gasteiger partial charge in [-0.1, -0.05) is 30.3 Å². The number of nitrogens with zero attached hydrogens (tertiary/aromatic N) is 1. The molecule has 0 saturated heterocycles. The highest BCUT2D eigenvalue weighted by Gasteiger charge is 2.43. The molecule has 0 radical (unpaired) electrons. The summed E-state index contributed by atoms with van der Waals surface area (Å²) in [4.78, 5) is 11.9. The fourth-order valence-corrected chi connectivity index (χ4v) is 2.37. The maximum atomic E-state index is 11.9. The summed E-state index contributed by atoms with van der Waals surface area (Å²) in [6.07, 6.45) is 3.40. The van der Waals surface area contributed by atoms with Crippen molar-refractivity contribution in [3.63, 3.8) is 0 Å². The van der Waals surface area contributed by atoms with E-state index in [0.717, 1.165) is 12.1 Å². The van der Waals surface area contributed by atoms with Gasteiger partial charge in [-0.05, 0) is 43.6 Å². The molecule has 0 aliphatic heterocycles. The second kappa shape index (κ2) is 4.56. The van der Waals surface area contributed by atoms with Crippen LogP contribution in [0.15, 0.2) is 35.4 Å². The van der Waals surface area contributed by atoms with Gasteiger partial charge in [0.1, 0.15) is 0 Å². The van der Waals surface area contributed by atoms with E-state index in [2.05, 4.69) is 22.7 Å². The van der Waals surface area contributed by atoms with E-state index in [1.165, 1.54) is 18.4 Å². The third kappa shape index (κ3) is 2.45. The van der Waals surface area contributed by atoms with Crippen molar-refractivity contribution in [1.82, 2.24) is 5.43 Å². The number of benzene rings is 1. The molecule has 0 spiro atoms. The molecule has 3 rings (SSSR count). The Labute approximate surface area is 107 Å². The molecule has 1 aromatic carbocycles. The van der Waals surface area contributed by atoms with Crippen LogP contribution in [-0.4, -0.2) is 11.6 Å². The van der Waals surface area contributed by atoms with Crippen molar-refractivity contribution in [3.8, 4) is 0 Å². The van der Waals surface area contributed by atoms with Gasteiger partial charge in [0.2, 0.25) is 5.91 Å². The van der Waals surface area contributed by atoms with E-state index in [1.54, 1.807) is 0 Å². The van der Waals surface area contributed by atoms with Crippen LogP contribution < -0.4 is 5.43 Å². The first-order valence-corrected chi connectivity index (χ1v) is 6.64. The predicted molar refractivity (Wildman–Crippen MR) is 71.3 cm³/mol. The highest BCUT2D eigenvalue weighted by molar-refractivity contribution is 5.89. The van der Waals surface area contributed by atoms with Crippen molar-refractivity contribution in [2.45, 2.75) is 32.1 Å². The molecule has 1 amide bonds. The third-order valence-corrected chi connectivity index (χ3v) is 3.87. The van der Waals surface area contributed by atoms with Crippen LogP contribution >= 0.6 is 0 Å². The molecular weight excluding hydrogens is 224 g/mol. The minimum Gasteiger partial charge on any atom is -0.273 e. The highest BCUT2D eigenvalue weighted by Crippen LogP contribution is 2.47. The summed E-state index contributed by atoms with van der Waals surface area (Å²) >= 11 is 0. The average Bonchev–Trinajstić information content (AvgIpc) is 3.29. The van der Waals surface area contributed by atoms with Crippen LogP contribution in [0.3, 0.4) is 0 Å². The summed E-state index contributed by atoms with van der Waals surface area (Å²) in [6.45, 7) is 2.00. The largest absolute Gasteiger partial charge is 0.273 e. The summed E-state index contributed by atoms with van der Waals surface area (Å²) in [5, 5.41) is 4.19. The van der Waals surface area contributed by atoms with Crippen LogP contribution in [-0.2, 0) is 4.79 Å². The van der Waals surface area contributed by atoms with E-state index in [1.807, 2.05) is 25.1 Å². The molecule has 2 aliphatic carbocycles. The summed E-state index contributed by atoms with van der Waals surface area (Å²) in [5.74, 6) is 1.20. The number of hydrogen-bond donors (Lipinski definition) is 1. The fourth-order valence-electron chi connectivity index (χ4n) is 2.37. The highest BCUT2D eigenvalue weighted by atomic mass is 16.2. The standard InChI is InChI=1S/C15H18N2O/c1-10(11-7-8-11)16-17-15(18)14-9-13(14)12-5-3-2-4-6-12/h2-6,11,13-14H,7-9H2,1H3,(H,17,18)/b16-10-. The van der Waals surface area contributed by atoms with Gasteiger partial charge in [-0.2, -0.15) is 5.10 Å². The minimum atomic E-state index is 0.0730. The summed E-state index contributed by atoms with van der Waals surface area (Å²) in [7, 11) is 0. The molecule has 2 unspecified atom stereocenters. The van der Waals surface area contributed by atoms with E-state index >= 15 is 0 Å². The summed E-state index contributed by atoms with van der Waals surface area (Å²) in [6, 6.07) is 10.2. The molecule has 0 bridgehead atoms. The van der Waals surface area contributed by atoms with Crippen LogP contribution in [0.2, 0.25) is 0 Å². The van der Waals surface area contributed by atoms with Gasteiger partial charge in [-0.15, -0.1) is 0 Å². The van der Waals surface area contributed by atoms with Crippen molar-refractivity contribution < 1.29 is 4.79 Å². The van der Waals surface area contributed by atoms with E-state index in [9.17, 15) is 4.79 Å². The average molecular weight is 242 g/mol. The minimum absolute atomic E-state index is 0.0730. The molecule has 2 atom stereocenters. The van der Waals surface area contributed by atoms with Crippen molar-refractivity contribution in [2.75, 3.05) is 0 Å². The van der Waals surface area contributed by atoms with Crippen LogP contribution in [0.1, 0.15) is 37.7 Å². The number of carbonyl (C=O) groups excluding carboxylic acids is 1. The molecule has 1 aromatic rings. The van der Waals surface area contributed by atoms with Crippen LogP contribution in [0.25, 0.3) is 0 Å². The molecule has 1 N–H and O–H groups in total. The maximum Gasteiger partial charge on any atom is 0.243 e. The van der Waals surface area contributed by atoms with Crippen LogP contribution in [0, 0.1) is 11.8 Å². The molecule has 0 heterocycles. The van der Waals surface area contributed by atoms with Gasteiger partial charge in [0.15, 0.2) is 0 Å². The van der Waals surface area contributed by atoms with Gasteiger partial charge in [-0.25, -0.2) is 5.43 Å². The summed E-state index contributed by atoms with van der Waals surface area (Å²) < 4.78 is 0. The quantitative estimate of drug-likeness (QED) is 0.640. The molecule has 2 aliphatic rings. The van der Waals surface area contributed by atoms with Crippen molar-refractivity contribution >= 4 is 11.6 Å². The van der Waals surface area contributed by atoms with Crippen LogP contribution in [0.4, 0.5) is 0 Å². The van der Waals surface area contributed by atoms with Crippen molar-refractivity contribution in [3.05, 3.63) is 35.9 Å². The molecule has 94 valence electrons. The van der Waals surface area contributed by atoms with Gasteiger partial charge < -0.3 is 0 Å². The second-order valence-corrected chi connectivity index (χ2v) is 5.36. The van der Waals surface area contributed by atoms with Gasteiger partial charge in [-0.3, -0.25) is 4.79 Å². The number of nitrogens with one attached hydrogen (secondary N) is 1. The zero-order valence-corrected chi connectivity index (χ0v) is 10.6. The lowest BCUT2D eigenvalue weighted by molar-refractivity contribution is -0.122. The van der Waals surface area contributed by atoms with Crippen LogP contribution in [0.5, 0.6) is 0 Å². The SMILES string of the molecule is C/C(=N/NC(=O)C1CC1c1ccccc1)C1CC1. The lowest BCUT2D eigenvalue weighted by atomic mass is 10.1. The van der Waals surface area contributed by atoms with Crippen molar-refractivity contribution in [1.29, 1.82) is 0 Å². The smallest absolute Gasteiger partial charge is 0.243 e. The molecule has 0 aromatic heterocycles. The van der Waals surface area contributed by atoms with Crippen molar-refractivity contribution in [2.24, 2.45) is 16.9 Å². The Bertz CT molecular complexity index is 477.